The zero-order valence-electron chi connectivity index (χ0n) is 27.8. The van der Waals surface area contributed by atoms with Gasteiger partial charge in [-0.15, -0.1) is 0 Å². The van der Waals surface area contributed by atoms with Crippen LogP contribution in [0.15, 0.2) is 88.7 Å². The van der Waals surface area contributed by atoms with E-state index in [2.05, 4.69) is 60.7 Å². The van der Waals surface area contributed by atoms with Crippen LogP contribution >= 0.6 is 0 Å². The van der Waals surface area contributed by atoms with Crippen molar-refractivity contribution in [1.29, 1.82) is 0 Å². The summed E-state index contributed by atoms with van der Waals surface area (Å²) in [6, 6.07) is 9.27. The topological polar surface area (TPSA) is 82.7 Å². The molecule has 0 aromatic heterocycles. The van der Waals surface area contributed by atoms with Crippen LogP contribution in [0.4, 0.5) is 24.5 Å². The highest BCUT2D eigenvalue weighted by atomic mass is 19.4. The quantitative estimate of drug-likeness (QED) is 0.233. The van der Waals surface area contributed by atoms with Crippen molar-refractivity contribution in [2.75, 3.05) is 50.0 Å². The second-order valence-electron chi connectivity index (χ2n) is 12.2. The molecule has 10 heteroatoms. The number of hydrogen-bond donors (Lipinski definition) is 3. The van der Waals surface area contributed by atoms with Gasteiger partial charge in [-0.3, -0.25) is 14.5 Å². The molecule has 0 unspecified atom stereocenters. The molecule has 0 saturated carbocycles. The molecule has 3 N–H and O–H groups in total. The smallest absolute Gasteiger partial charge is 0.383 e. The highest BCUT2D eigenvalue weighted by Gasteiger charge is 2.31. The van der Waals surface area contributed by atoms with Gasteiger partial charge in [-0.25, -0.2) is 0 Å². The Morgan fingerprint density at radius 1 is 1.02 bits per heavy atom. The minimum atomic E-state index is -4.56. The number of benzene rings is 2. The number of halogens is 3. The summed E-state index contributed by atoms with van der Waals surface area (Å²) in [4.78, 5) is 29.3. The van der Waals surface area contributed by atoms with Crippen LogP contribution in [-0.4, -0.2) is 56.1 Å². The van der Waals surface area contributed by atoms with Gasteiger partial charge in [-0.2, -0.15) is 13.2 Å². The third-order valence-electron chi connectivity index (χ3n) is 8.37. The van der Waals surface area contributed by atoms with Crippen molar-refractivity contribution >= 4 is 23.2 Å². The minimum absolute atomic E-state index is 0.121. The molecule has 0 bridgehead atoms. The van der Waals surface area contributed by atoms with Crippen LogP contribution in [0.3, 0.4) is 0 Å². The number of rotatable bonds is 11. The minimum Gasteiger partial charge on any atom is -0.383 e. The molecule has 4 rings (SSSR count). The number of carbonyl (C=O) groups is 2. The van der Waals surface area contributed by atoms with Gasteiger partial charge in [0.1, 0.15) is 0 Å². The Labute approximate surface area is 275 Å². The predicted molar refractivity (Wildman–Crippen MR) is 181 cm³/mol. The molecule has 2 aromatic rings. The van der Waals surface area contributed by atoms with Crippen LogP contribution in [0, 0.1) is 12.8 Å². The lowest BCUT2D eigenvalue weighted by molar-refractivity contribution is -0.137. The van der Waals surface area contributed by atoms with Crippen LogP contribution < -0.4 is 16.0 Å². The molecule has 2 aliphatic rings. The predicted octanol–water partition coefficient (Wildman–Crippen LogP) is 7.65. The van der Waals surface area contributed by atoms with Gasteiger partial charge in [0.2, 0.25) is 0 Å². The van der Waals surface area contributed by atoms with Crippen molar-refractivity contribution in [3.8, 4) is 0 Å². The molecule has 47 heavy (non-hydrogen) atoms. The average molecular weight is 651 g/mol. The Bertz CT molecular complexity index is 1580. The number of nitrogens with one attached hydrogen (secondary N) is 3. The first-order valence-corrected chi connectivity index (χ1v) is 16.1. The second-order valence-corrected chi connectivity index (χ2v) is 12.2. The summed E-state index contributed by atoms with van der Waals surface area (Å²) >= 11 is 0. The summed E-state index contributed by atoms with van der Waals surface area (Å²) in [6.45, 7) is 14.9. The van der Waals surface area contributed by atoms with E-state index in [1.54, 1.807) is 18.2 Å². The van der Waals surface area contributed by atoms with Crippen molar-refractivity contribution in [2.24, 2.45) is 5.92 Å². The van der Waals surface area contributed by atoms with E-state index in [9.17, 15) is 22.8 Å². The third-order valence-corrected chi connectivity index (χ3v) is 8.37. The number of alkyl halides is 3. The standard InChI is InChI=1S/C37H45F3N4O3/c1-6-27-12-15-32(34(31(26(27)5)14-10-24(2)3)41-16-17-44-18-20-47-21-19-44)36(46)43-33-23-30(13-11-25(33)4)42-35(45)28-8-7-9-29(22-28)37(38,39)40/h7-11,13-15,22-24,41H,6,12,16-21H2,1-5H3,(H,42,45)(H,43,46)/b14-10-. The highest BCUT2D eigenvalue weighted by Crippen LogP contribution is 2.33. The lowest BCUT2D eigenvalue weighted by Crippen LogP contribution is -2.40. The van der Waals surface area contributed by atoms with Gasteiger partial charge in [-0.05, 0) is 74.1 Å². The molecule has 1 aliphatic heterocycles. The third kappa shape index (κ3) is 9.68. The van der Waals surface area contributed by atoms with E-state index >= 15 is 0 Å². The van der Waals surface area contributed by atoms with Gasteiger partial charge in [0.25, 0.3) is 11.8 Å². The van der Waals surface area contributed by atoms with Crippen LogP contribution in [0.25, 0.3) is 0 Å². The van der Waals surface area contributed by atoms with E-state index in [1.165, 1.54) is 17.7 Å². The fourth-order valence-corrected chi connectivity index (χ4v) is 5.53. The zero-order chi connectivity index (χ0) is 34.1. The number of aryl methyl sites for hydroxylation is 1. The summed E-state index contributed by atoms with van der Waals surface area (Å²) in [5.41, 5.74) is 5.23. The maximum atomic E-state index is 14.1. The summed E-state index contributed by atoms with van der Waals surface area (Å²) in [5.74, 6) is -0.673. The molecule has 0 radical (unpaired) electrons. The molecule has 1 saturated heterocycles. The number of nitrogens with zero attached hydrogens (tertiary/aromatic N) is 1. The normalized spacial score (nSPS) is 16.4. The lowest BCUT2D eigenvalue weighted by atomic mass is 9.96. The van der Waals surface area contributed by atoms with Crippen LogP contribution in [0.1, 0.15) is 62.0 Å². The van der Waals surface area contributed by atoms with Crippen molar-refractivity contribution < 1.29 is 27.5 Å². The summed E-state index contributed by atoms with van der Waals surface area (Å²) < 4.78 is 45.1. The Kier molecular flexibility index (Phi) is 12.2. The van der Waals surface area contributed by atoms with Gasteiger partial charge in [0.05, 0.1) is 30.0 Å². The maximum absolute atomic E-state index is 14.1. The summed E-state index contributed by atoms with van der Waals surface area (Å²) in [6.07, 6.45) is 3.13. The molecule has 0 atom stereocenters. The van der Waals surface area contributed by atoms with E-state index in [4.69, 9.17) is 4.74 Å². The van der Waals surface area contributed by atoms with Gasteiger partial charge < -0.3 is 20.7 Å². The van der Waals surface area contributed by atoms with Gasteiger partial charge in [0, 0.05) is 48.7 Å². The van der Waals surface area contributed by atoms with Crippen LogP contribution in [0.5, 0.6) is 0 Å². The van der Waals surface area contributed by atoms with E-state index in [-0.39, 0.29) is 11.5 Å². The second kappa shape index (κ2) is 16.1. The Hall–Kier alpha value is -4.15. The molecule has 1 aliphatic carbocycles. The Morgan fingerprint density at radius 2 is 1.77 bits per heavy atom. The summed E-state index contributed by atoms with van der Waals surface area (Å²) in [5, 5.41) is 9.31. The first-order valence-electron chi connectivity index (χ1n) is 16.1. The number of anilines is 2. The highest BCUT2D eigenvalue weighted by molar-refractivity contribution is 6.08. The summed E-state index contributed by atoms with van der Waals surface area (Å²) in [7, 11) is 0. The number of ether oxygens (including phenoxy) is 1. The molecule has 252 valence electrons. The molecule has 2 amide bonds. The number of allylic oxidation sites excluding steroid dienone is 6. The largest absolute Gasteiger partial charge is 0.416 e. The molecule has 1 heterocycles. The van der Waals surface area contributed by atoms with Crippen LogP contribution in [0.2, 0.25) is 0 Å². The van der Waals surface area contributed by atoms with Gasteiger partial charge >= 0.3 is 6.18 Å². The van der Waals surface area contributed by atoms with Crippen molar-refractivity contribution in [1.82, 2.24) is 10.2 Å². The van der Waals surface area contributed by atoms with E-state index < -0.39 is 17.6 Å². The van der Waals surface area contributed by atoms with Crippen molar-refractivity contribution in [3.63, 3.8) is 0 Å². The van der Waals surface area contributed by atoms with Gasteiger partial charge in [-0.1, -0.05) is 56.7 Å². The van der Waals surface area contributed by atoms with Crippen molar-refractivity contribution in [3.05, 3.63) is 105 Å². The number of hydrogen-bond acceptors (Lipinski definition) is 5. The first-order chi connectivity index (χ1) is 22.4. The molecule has 1 fully saturated rings. The monoisotopic (exact) mass is 650 g/mol. The molecular formula is C37H45F3N4O3. The fraction of sp³-hybridized carbons (Fsp3) is 0.405. The Morgan fingerprint density at radius 3 is 2.45 bits per heavy atom. The fourth-order valence-electron chi connectivity index (χ4n) is 5.53. The number of carbonyl (C=O) groups excluding carboxylic acids is 2. The van der Waals surface area contributed by atoms with Crippen molar-refractivity contribution in [2.45, 2.75) is 53.6 Å². The number of morpholine rings is 1. The Balaban J connectivity index is 1.61. The SMILES string of the molecule is CCC1=C(C)C(/C=C\C(C)C)=C(NCCN2CCOCC2)C(C(=O)Nc2cc(NC(=O)c3cccc(C(F)(F)F)c3)ccc2C)=CC1. The van der Waals surface area contributed by atoms with E-state index in [0.717, 1.165) is 60.6 Å². The van der Waals surface area contributed by atoms with Gasteiger partial charge in [0.15, 0.2) is 0 Å². The molecular weight excluding hydrogens is 605 g/mol. The first kappa shape index (κ1) is 35.7. The average Bonchev–Trinajstić information content (AvgIpc) is 3.17. The van der Waals surface area contributed by atoms with Crippen LogP contribution in [-0.2, 0) is 15.7 Å². The van der Waals surface area contributed by atoms with E-state index in [0.29, 0.717) is 49.0 Å². The van der Waals surface area contributed by atoms with E-state index in [1.807, 2.05) is 13.0 Å². The molecule has 7 nitrogen and oxygen atoms in total. The lowest BCUT2D eigenvalue weighted by Gasteiger charge is -2.27. The zero-order valence-corrected chi connectivity index (χ0v) is 27.8. The maximum Gasteiger partial charge on any atom is 0.416 e. The molecule has 0 spiro atoms. The molecule has 2 aromatic carbocycles. The number of amides is 2.